The number of likely N-dealkylation sites (tertiary alicyclic amines) is 2. The molecule has 0 spiro atoms. The van der Waals surface area contributed by atoms with Crippen LogP contribution in [0.2, 0.25) is 0 Å². The highest BCUT2D eigenvalue weighted by molar-refractivity contribution is 5.00. The van der Waals surface area contributed by atoms with Gasteiger partial charge in [0.2, 0.25) is 0 Å². The van der Waals surface area contributed by atoms with E-state index in [-0.39, 0.29) is 0 Å². The minimum atomic E-state index is 0.338. The number of nitrogens with zero attached hydrogens (tertiary/aromatic N) is 2. The smallest absolute Gasteiger partial charge is 0.121 e. The maximum atomic E-state index is 5.65. The fourth-order valence-corrected chi connectivity index (χ4v) is 2.87. The first-order valence-electron chi connectivity index (χ1n) is 6.62. The van der Waals surface area contributed by atoms with E-state index in [0.717, 1.165) is 12.4 Å². The lowest BCUT2D eigenvalue weighted by Crippen LogP contribution is -2.47. The van der Waals surface area contributed by atoms with E-state index in [1.54, 1.807) is 0 Å². The van der Waals surface area contributed by atoms with E-state index in [9.17, 15) is 0 Å². The van der Waals surface area contributed by atoms with Gasteiger partial charge in [-0.3, -0.25) is 9.80 Å². The maximum absolute atomic E-state index is 5.65. The second-order valence-corrected chi connectivity index (χ2v) is 4.76. The Hall–Kier alpha value is -0.540. The number of ether oxygens (including phenoxy) is 1. The van der Waals surface area contributed by atoms with E-state index in [1.165, 1.54) is 51.9 Å². The Kier molecular flexibility index (Phi) is 4.24. The van der Waals surface area contributed by atoms with Crippen molar-refractivity contribution in [2.45, 2.75) is 38.8 Å². The standard InChI is InChI=1S/C13H24N2O/c1-3-16-12(2)13(14-8-4-5-9-14)15-10-6-7-11-15/h13H,2-11H2,1H3. The van der Waals surface area contributed by atoms with Crippen LogP contribution in [0.3, 0.4) is 0 Å². The molecule has 16 heavy (non-hydrogen) atoms. The molecule has 0 aromatic carbocycles. The zero-order chi connectivity index (χ0) is 11.4. The average molecular weight is 224 g/mol. The third-order valence-corrected chi connectivity index (χ3v) is 3.59. The molecular weight excluding hydrogens is 200 g/mol. The molecule has 2 fully saturated rings. The van der Waals surface area contributed by atoms with Crippen LogP contribution in [-0.2, 0) is 4.74 Å². The molecule has 3 heteroatoms. The van der Waals surface area contributed by atoms with Crippen LogP contribution in [0, 0.1) is 0 Å². The second-order valence-electron chi connectivity index (χ2n) is 4.76. The fraction of sp³-hybridized carbons (Fsp3) is 0.846. The van der Waals surface area contributed by atoms with E-state index >= 15 is 0 Å². The van der Waals surface area contributed by atoms with Gasteiger partial charge in [0.05, 0.1) is 6.61 Å². The first-order chi connectivity index (χ1) is 7.83. The molecule has 0 saturated carbocycles. The molecule has 0 aliphatic carbocycles. The molecule has 0 aromatic rings. The third-order valence-electron chi connectivity index (χ3n) is 3.59. The summed E-state index contributed by atoms with van der Waals surface area (Å²) >= 11 is 0. The van der Waals surface area contributed by atoms with Crippen LogP contribution in [0.5, 0.6) is 0 Å². The predicted molar refractivity (Wildman–Crippen MR) is 66.2 cm³/mol. The molecule has 2 aliphatic heterocycles. The lowest BCUT2D eigenvalue weighted by molar-refractivity contribution is 0.0497. The maximum Gasteiger partial charge on any atom is 0.121 e. The molecule has 2 aliphatic rings. The lowest BCUT2D eigenvalue weighted by Gasteiger charge is -2.35. The lowest BCUT2D eigenvalue weighted by atomic mass is 10.3. The zero-order valence-electron chi connectivity index (χ0n) is 10.5. The van der Waals surface area contributed by atoms with Crippen molar-refractivity contribution >= 4 is 0 Å². The first kappa shape index (κ1) is 11.9. The Bertz CT molecular complexity index is 214. The molecule has 0 unspecified atom stereocenters. The summed E-state index contributed by atoms with van der Waals surface area (Å²) in [5, 5.41) is 0. The largest absolute Gasteiger partial charge is 0.496 e. The average Bonchev–Trinajstić information content (AvgIpc) is 2.91. The Morgan fingerprint density at radius 1 is 1.06 bits per heavy atom. The van der Waals surface area contributed by atoms with Gasteiger partial charge >= 0.3 is 0 Å². The Balaban J connectivity index is 2.01. The molecule has 0 amide bonds. The fourth-order valence-electron chi connectivity index (χ4n) is 2.87. The van der Waals surface area contributed by atoms with Gasteiger partial charge < -0.3 is 4.74 Å². The monoisotopic (exact) mass is 224 g/mol. The quantitative estimate of drug-likeness (QED) is 0.665. The Labute approximate surface area is 99.1 Å². The van der Waals surface area contributed by atoms with Crippen molar-refractivity contribution in [2.24, 2.45) is 0 Å². The first-order valence-corrected chi connectivity index (χ1v) is 6.62. The van der Waals surface area contributed by atoms with Crippen LogP contribution in [0.15, 0.2) is 12.3 Å². The minimum absolute atomic E-state index is 0.338. The van der Waals surface area contributed by atoms with Crippen molar-refractivity contribution in [1.29, 1.82) is 0 Å². The highest BCUT2D eigenvalue weighted by atomic mass is 16.5. The predicted octanol–water partition coefficient (Wildman–Crippen LogP) is 2.05. The van der Waals surface area contributed by atoms with Gasteiger partial charge in [0.1, 0.15) is 11.9 Å². The number of rotatable bonds is 5. The SMILES string of the molecule is C=C(OCC)C(N1CCCC1)N1CCCC1. The van der Waals surface area contributed by atoms with Crippen LogP contribution >= 0.6 is 0 Å². The summed E-state index contributed by atoms with van der Waals surface area (Å²) < 4.78 is 5.65. The van der Waals surface area contributed by atoms with Crippen molar-refractivity contribution in [2.75, 3.05) is 32.8 Å². The molecule has 0 atom stereocenters. The van der Waals surface area contributed by atoms with Gasteiger partial charge in [-0.05, 0) is 32.6 Å². The van der Waals surface area contributed by atoms with Gasteiger partial charge in [-0.25, -0.2) is 0 Å². The van der Waals surface area contributed by atoms with Gasteiger partial charge in [-0.2, -0.15) is 0 Å². The highest BCUT2D eigenvalue weighted by Gasteiger charge is 2.32. The van der Waals surface area contributed by atoms with E-state index in [4.69, 9.17) is 4.74 Å². The summed E-state index contributed by atoms with van der Waals surface area (Å²) in [4.78, 5) is 5.06. The second kappa shape index (κ2) is 5.69. The Morgan fingerprint density at radius 3 is 1.88 bits per heavy atom. The summed E-state index contributed by atoms with van der Waals surface area (Å²) in [6.07, 6.45) is 5.63. The van der Waals surface area contributed by atoms with Gasteiger partial charge in [0, 0.05) is 26.2 Å². The van der Waals surface area contributed by atoms with Crippen molar-refractivity contribution in [3.05, 3.63) is 12.3 Å². The van der Waals surface area contributed by atoms with Crippen LogP contribution in [0.1, 0.15) is 32.6 Å². The van der Waals surface area contributed by atoms with E-state index in [2.05, 4.69) is 16.4 Å². The van der Waals surface area contributed by atoms with Crippen molar-refractivity contribution in [3.8, 4) is 0 Å². The molecule has 2 heterocycles. The molecule has 0 bridgehead atoms. The summed E-state index contributed by atoms with van der Waals surface area (Å²) in [7, 11) is 0. The van der Waals surface area contributed by atoms with Crippen LogP contribution in [-0.4, -0.2) is 48.8 Å². The van der Waals surface area contributed by atoms with Gasteiger partial charge in [-0.15, -0.1) is 0 Å². The Morgan fingerprint density at radius 2 is 1.50 bits per heavy atom. The third kappa shape index (κ3) is 2.58. The molecule has 0 aromatic heterocycles. The molecule has 0 N–H and O–H groups in total. The zero-order valence-corrected chi connectivity index (χ0v) is 10.5. The van der Waals surface area contributed by atoms with E-state index in [1.807, 2.05) is 6.92 Å². The molecule has 0 radical (unpaired) electrons. The topological polar surface area (TPSA) is 15.7 Å². The summed E-state index contributed by atoms with van der Waals surface area (Å²) in [5.41, 5.74) is 0. The number of hydrogen-bond donors (Lipinski definition) is 0. The van der Waals surface area contributed by atoms with Gasteiger partial charge in [0.15, 0.2) is 0 Å². The number of hydrogen-bond acceptors (Lipinski definition) is 3. The summed E-state index contributed by atoms with van der Waals surface area (Å²) in [6.45, 7) is 11.7. The highest BCUT2D eigenvalue weighted by Crippen LogP contribution is 2.24. The van der Waals surface area contributed by atoms with Crippen molar-refractivity contribution in [3.63, 3.8) is 0 Å². The van der Waals surface area contributed by atoms with Gasteiger partial charge in [-0.1, -0.05) is 6.58 Å². The summed E-state index contributed by atoms with van der Waals surface area (Å²) in [5.74, 6) is 0.950. The molecule has 2 rings (SSSR count). The van der Waals surface area contributed by atoms with E-state index < -0.39 is 0 Å². The summed E-state index contributed by atoms with van der Waals surface area (Å²) in [6, 6.07) is 0. The molecule has 92 valence electrons. The van der Waals surface area contributed by atoms with Crippen LogP contribution in [0.4, 0.5) is 0 Å². The van der Waals surface area contributed by atoms with Crippen molar-refractivity contribution < 1.29 is 4.74 Å². The molecule has 3 nitrogen and oxygen atoms in total. The van der Waals surface area contributed by atoms with Crippen LogP contribution < -0.4 is 0 Å². The normalized spacial score (nSPS) is 23.1. The minimum Gasteiger partial charge on any atom is -0.496 e. The van der Waals surface area contributed by atoms with Crippen molar-refractivity contribution in [1.82, 2.24) is 9.80 Å². The molecule has 2 saturated heterocycles. The van der Waals surface area contributed by atoms with E-state index in [0.29, 0.717) is 6.17 Å². The van der Waals surface area contributed by atoms with Crippen LogP contribution in [0.25, 0.3) is 0 Å². The van der Waals surface area contributed by atoms with Gasteiger partial charge in [0.25, 0.3) is 0 Å². The molecular formula is C13H24N2O.